The van der Waals surface area contributed by atoms with Gasteiger partial charge >= 0.3 is 0 Å². The number of aliphatic hydroxyl groups excluding tert-OH is 8. The van der Waals surface area contributed by atoms with Crippen molar-refractivity contribution in [2.24, 2.45) is 0 Å². The lowest BCUT2D eigenvalue weighted by Crippen LogP contribution is -2.69. The Bertz CT molecular complexity index is 528. The van der Waals surface area contributed by atoms with Crippen LogP contribution in [0.5, 0.6) is 0 Å². The molecule has 2 saturated heterocycles. The smallest absolute Gasteiger partial charge is 0.224 e. The molecule has 0 radical (unpaired) electrons. The van der Waals surface area contributed by atoms with Crippen molar-refractivity contribution in [3.05, 3.63) is 12.2 Å². The van der Waals surface area contributed by atoms with Crippen LogP contribution in [0, 0.1) is 0 Å². The number of rotatable bonds is 7. The Hall–Kier alpha value is -0.700. The minimum Gasteiger partial charge on any atom is -0.394 e. The lowest BCUT2D eigenvalue weighted by atomic mass is 9.88. The molecular formula is C16H28O11. The van der Waals surface area contributed by atoms with Crippen LogP contribution in [0.1, 0.15) is 13.3 Å². The number of aliphatic hydroxyl groups is 8. The van der Waals surface area contributed by atoms with Gasteiger partial charge in [-0.05, 0) is 6.92 Å². The second kappa shape index (κ2) is 8.35. The molecule has 2 aliphatic rings. The van der Waals surface area contributed by atoms with E-state index in [1.807, 2.05) is 0 Å². The normalized spacial score (nSPS) is 48.0. The van der Waals surface area contributed by atoms with Crippen LogP contribution >= 0.6 is 0 Å². The molecule has 11 heteroatoms. The van der Waals surface area contributed by atoms with Gasteiger partial charge in [0.15, 0.2) is 0 Å². The maximum absolute atomic E-state index is 10.6. The van der Waals surface area contributed by atoms with E-state index < -0.39 is 74.1 Å². The second-order valence-corrected chi connectivity index (χ2v) is 7.06. The minimum atomic E-state index is -2.31. The largest absolute Gasteiger partial charge is 0.394 e. The summed E-state index contributed by atoms with van der Waals surface area (Å²) in [4.78, 5) is 0. The van der Waals surface area contributed by atoms with Crippen LogP contribution in [0.25, 0.3) is 0 Å². The third kappa shape index (κ3) is 3.91. The molecule has 0 aromatic carbocycles. The summed E-state index contributed by atoms with van der Waals surface area (Å²) >= 11 is 0. The molecule has 0 spiro atoms. The molecule has 2 fully saturated rings. The maximum Gasteiger partial charge on any atom is 0.224 e. The van der Waals surface area contributed by atoms with Crippen molar-refractivity contribution in [3.63, 3.8) is 0 Å². The SMILES string of the molecule is C=C(C)C[C@@]1(OC2(CO)O[C@H](CO)[C@@H](O)[C@@H]2O)O[C@H](CO)[C@@H](O)[C@H](O)[C@H]1O. The molecule has 0 aromatic rings. The first-order valence-corrected chi connectivity index (χ1v) is 8.50. The van der Waals surface area contributed by atoms with Crippen LogP contribution in [0.15, 0.2) is 12.2 Å². The monoisotopic (exact) mass is 396 g/mol. The third-order valence-electron chi connectivity index (χ3n) is 4.84. The molecule has 1 unspecified atom stereocenters. The molecule has 158 valence electrons. The first kappa shape index (κ1) is 22.6. The van der Waals surface area contributed by atoms with Crippen molar-refractivity contribution >= 4 is 0 Å². The average Bonchev–Trinajstić information content (AvgIpc) is 2.87. The van der Waals surface area contributed by atoms with Crippen LogP contribution in [-0.2, 0) is 14.2 Å². The van der Waals surface area contributed by atoms with Gasteiger partial charge in [0.1, 0.15) is 49.3 Å². The molecule has 2 heterocycles. The van der Waals surface area contributed by atoms with Crippen molar-refractivity contribution < 1.29 is 55.1 Å². The highest BCUT2D eigenvalue weighted by molar-refractivity contribution is 5.07. The summed E-state index contributed by atoms with van der Waals surface area (Å²) in [5.74, 6) is -4.50. The van der Waals surface area contributed by atoms with Gasteiger partial charge in [-0.15, -0.1) is 0 Å². The molecule has 9 atom stereocenters. The van der Waals surface area contributed by atoms with Crippen molar-refractivity contribution in [1.82, 2.24) is 0 Å². The van der Waals surface area contributed by atoms with E-state index in [1.165, 1.54) is 0 Å². The van der Waals surface area contributed by atoms with Gasteiger partial charge in [-0.1, -0.05) is 12.2 Å². The van der Waals surface area contributed by atoms with Crippen LogP contribution in [0.3, 0.4) is 0 Å². The van der Waals surface area contributed by atoms with Gasteiger partial charge in [-0.25, -0.2) is 0 Å². The Morgan fingerprint density at radius 1 is 0.852 bits per heavy atom. The van der Waals surface area contributed by atoms with Crippen LogP contribution in [-0.4, -0.2) is 115 Å². The van der Waals surface area contributed by atoms with Gasteiger partial charge in [-0.2, -0.15) is 0 Å². The van der Waals surface area contributed by atoms with Crippen molar-refractivity contribution in [3.8, 4) is 0 Å². The molecule has 0 saturated carbocycles. The molecule has 2 aliphatic heterocycles. The zero-order valence-electron chi connectivity index (χ0n) is 14.9. The minimum absolute atomic E-state index is 0.272. The fourth-order valence-corrected chi connectivity index (χ4v) is 3.44. The zero-order valence-corrected chi connectivity index (χ0v) is 14.9. The summed E-state index contributed by atoms with van der Waals surface area (Å²) in [5.41, 5.74) is 0.397. The number of hydrogen-bond acceptors (Lipinski definition) is 11. The van der Waals surface area contributed by atoms with Gasteiger partial charge in [0.2, 0.25) is 11.6 Å². The summed E-state index contributed by atoms with van der Waals surface area (Å²) in [6.45, 7) is 2.80. The van der Waals surface area contributed by atoms with Crippen molar-refractivity contribution in [2.45, 2.75) is 67.6 Å². The van der Waals surface area contributed by atoms with E-state index in [2.05, 4.69) is 6.58 Å². The Morgan fingerprint density at radius 2 is 1.33 bits per heavy atom. The van der Waals surface area contributed by atoms with Gasteiger partial charge in [0.25, 0.3) is 0 Å². The maximum atomic E-state index is 10.6. The molecular weight excluding hydrogens is 368 g/mol. The van der Waals surface area contributed by atoms with E-state index >= 15 is 0 Å². The predicted octanol–water partition coefficient (Wildman–Crippen LogP) is -4.06. The molecule has 0 bridgehead atoms. The lowest BCUT2D eigenvalue weighted by molar-refractivity contribution is -0.433. The van der Waals surface area contributed by atoms with Gasteiger partial charge in [-0.3, -0.25) is 0 Å². The summed E-state index contributed by atoms with van der Waals surface area (Å²) in [6.07, 6.45) is -11.7. The van der Waals surface area contributed by atoms with Crippen molar-refractivity contribution in [1.29, 1.82) is 0 Å². The number of hydrogen-bond donors (Lipinski definition) is 8. The third-order valence-corrected chi connectivity index (χ3v) is 4.84. The highest BCUT2D eigenvalue weighted by atomic mass is 16.8. The predicted molar refractivity (Wildman–Crippen MR) is 87.0 cm³/mol. The molecule has 8 N–H and O–H groups in total. The highest BCUT2D eigenvalue weighted by Crippen LogP contribution is 2.43. The Morgan fingerprint density at radius 3 is 1.78 bits per heavy atom. The first-order chi connectivity index (χ1) is 12.6. The molecule has 27 heavy (non-hydrogen) atoms. The van der Waals surface area contributed by atoms with Gasteiger partial charge in [0.05, 0.1) is 13.2 Å². The van der Waals surface area contributed by atoms with Crippen LogP contribution in [0.4, 0.5) is 0 Å². The Kier molecular flexibility index (Phi) is 6.98. The van der Waals surface area contributed by atoms with E-state index in [0.29, 0.717) is 5.57 Å². The molecule has 11 nitrogen and oxygen atoms in total. The van der Waals surface area contributed by atoms with Crippen LogP contribution in [0.2, 0.25) is 0 Å². The van der Waals surface area contributed by atoms with Gasteiger partial charge < -0.3 is 55.1 Å². The van der Waals surface area contributed by atoms with E-state index in [1.54, 1.807) is 6.92 Å². The molecule has 2 rings (SSSR count). The standard InChI is InChI=1S/C16H28O11/c1-7(2)3-15(14(24)12(22)10(20)8(4-17)25-15)27-16(6-19)13(23)11(21)9(5-18)26-16/h8-14,17-24H,1,3-6H2,2H3/t8-,9-,10-,11-,12+,13+,14-,15+,16?/m1/s1. The van der Waals surface area contributed by atoms with E-state index in [0.717, 1.165) is 0 Å². The van der Waals surface area contributed by atoms with E-state index in [9.17, 15) is 40.9 Å². The van der Waals surface area contributed by atoms with Crippen LogP contribution < -0.4 is 0 Å². The molecule has 0 aromatic heterocycles. The summed E-state index contributed by atoms with van der Waals surface area (Å²) in [5, 5.41) is 79.5. The van der Waals surface area contributed by atoms with E-state index in [4.69, 9.17) is 14.2 Å². The van der Waals surface area contributed by atoms with Gasteiger partial charge in [0, 0.05) is 6.42 Å². The highest BCUT2D eigenvalue weighted by Gasteiger charge is 2.63. The second-order valence-electron chi connectivity index (χ2n) is 7.06. The fraction of sp³-hybridized carbons (Fsp3) is 0.875. The van der Waals surface area contributed by atoms with Crippen molar-refractivity contribution in [2.75, 3.05) is 19.8 Å². The summed E-state index contributed by atoms with van der Waals surface area (Å²) < 4.78 is 16.5. The lowest BCUT2D eigenvalue weighted by Gasteiger charge is -2.51. The quantitative estimate of drug-likeness (QED) is 0.195. The molecule has 0 aliphatic carbocycles. The zero-order chi connectivity index (χ0) is 20.6. The molecule has 0 amide bonds. The Balaban J connectivity index is 2.45. The fourth-order valence-electron chi connectivity index (χ4n) is 3.44. The topological polar surface area (TPSA) is 190 Å². The average molecular weight is 396 g/mol. The van der Waals surface area contributed by atoms with E-state index in [-0.39, 0.29) is 6.42 Å². The Labute approximate surface area is 155 Å². The summed E-state index contributed by atoms with van der Waals surface area (Å²) in [7, 11) is 0. The first-order valence-electron chi connectivity index (χ1n) is 8.50. The summed E-state index contributed by atoms with van der Waals surface area (Å²) in [6, 6.07) is 0. The number of ether oxygens (including phenoxy) is 3.